The van der Waals surface area contributed by atoms with Crippen molar-refractivity contribution < 1.29 is 14.7 Å². The second-order valence-electron chi connectivity index (χ2n) is 4.89. The van der Waals surface area contributed by atoms with Crippen LogP contribution in [0.4, 0.5) is 0 Å². The largest absolute Gasteiger partial charge is 0.508 e. The molecule has 2 aromatic carbocycles. The normalized spacial score (nSPS) is 11.2. The van der Waals surface area contributed by atoms with E-state index in [1.54, 1.807) is 42.5 Å². The Hall–Kier alpha value is -2.65. The Balaban J connectivity index is 1.91. The van der Waals surface area contributed by atoms with Crippen molar-refractivity contribution in [2.24, 2.45) is 0 Å². The molecular formula is C19H15ClO3. The second-order valence-corrected chi connectivity index (χ2v) is 5.30. The number of carbonyl (C=O) groups excluding carboxylic acids is 2. The van der Waals surface area contributed by atoms with E-state index in [9.17, 15) is 14.7 Å². The molecule has 0 bridgehead atoms. The van der Waals surface area contributed by atoms with Crippen LogP contribution in [0, 0.1) is 0 Å². The molecule has 1 N–H and O–H groups in total. The molecule has 0 atom stereocenters. The van der Waals surface area contributed by atoms with Gasteiger partial charge in [0.15, 0.2) is 11.6 Å². The molecule has 0 radical (unpaired) electrons. The molecule has 0 heterocycles. The van der Waals surface area contributed by atoms with Gasteiger partial charge in [-0.15, -0.1) is 0 Å². The van der Waals surface area contributed by atoms with Crippen molar-refractivity contribution in [3.8, 4) is 5.75 Å². The van der Waals surface area contributed by atoms with Gasteiger partial charge < -0.3 is 5.11 Å². The molecule has 2 aromatic rings. The van der Waals surface area contributed by atoms with Gasteiger partial charge in [0, 0.05) is 5.02 Å². The fourth-order valence-corrected chi connectivity index (χ4v) is 2.06. The highest BCUT2D eigenvalue weighted by Crippen LogP contribution is 2.16. The smallest absolute Gasteiger partial charge is 0.163 e. The molecule has 0 aliphatic heterocycles. The molecule has 0 saturated heterocycles. The number of hydrogen-bond acceptors (Lipinski definition) is 3. The molecule has 0 saturated carbocycles. The van der Waals surface area contributed by atoms with Gasteiger partial charge in [0.05, 0.1) is 6.42 Å². The first-order valence-corrected chi connectivity index (χ1v) is 7.38. The number of halogens is 1. The Bertz CT molecular complexity index is 758. The average molecular weight is 327 g/mol. The molecule has 3 nitrogen and oxygen atoms in total. The summed E-state index contributed by atoms with van der Waals surface area (Å²) in [6.07, 6.45) is 5.71. The van der Waals surface area contributed by atoms with Crippen molar-refractivity contribution in [3.05, 3.63) is 76.8 Å². The standard InChI is InChI=1S/C19H15ClO3/c20-19-4-2-1-3-15(19)8-12-18(23)13-17(22)11-7-14-5-9-16(21)10-6-14/h1-12,21H,13H2. The van der Waals surface area contributed by atoms with E-state index in [0.717, 1.165) is 11.1 Å². The monoisotopic (exact) mass is 326 g/mol. The van der Waals surface area contributed by atoms with Crippen LogP contribution in [0.5, 0.6) is 5.75 Å². The molecule has 23 heavy (non-hydrogen) atoms. The zero-order chi connectivity index (χ0) is 16.7. The Morgan fingerprint density at radius 1 is 0.913 bits per heavy atom. The average Bonchev–Trinajstić information content (AvgIpc) is 2.53. The van der Waals surface area contributed by atoms with Crippen LogP contribution in [0.3, 0.4) is 0 Å². The second kappa shape index (κ2) is 8.11. The molecular weight excluding hydrogens is 312 g/mol. The van der Waals surface area contributed by atoms with Gasteiger partial charge >= 0.3 is 0 Å². The van der Waals surface area contributed by atoms with Gasteiger partial charge in [-0.3, -0.25) is 9.59 Å². The molecule has 0 spiro atoms. The first kappa shape index (κ1) is 16.7. The molecule has 0 aliphatic carbocycles. The molecule has 4 heteroatoms. The lowest BCUT2D eigenvalue weighted by Gasteiger charge is -1.96. The molecule has 116 valence electrons. The molecule has 0 fully saturated rings. The Morgan fingerprint density at radius 2 is 1.52 bits per heavy atom. The van der Waals surface area contributed by atoms with Crippen LogP contribution in [0.1, 0.15) is 17.5 Å². The maximum atomic E-state index is 11.8. The SMILES string of the molecule is O=C(C=Cc1ccc(O)cc1)CC(=O)C=Cc1ccccc1Cl. The third kappa shape index (κ3) is 5.57. The number of aromatic hydroxyl groups is 1. The minimum atomic E-state index is -0.287. The van der Waals surface area contributed by atoms with Crippen LogP contribution in [-0.4, -0.2) is 16.7 Å². The first-order valence-electron chi connectivity index (χ1n) is 7.00. The highest BCUT2D eigenvalue weighted by molar-refractivity contribution is 6.32. The topological polar surface area (TPSA) is 54.4 Å². The summed E-state index contributed by atoms with van der Waals surface area (Å²) < 4.78 is 0. The first-order chi connectivity index (χ1) is 11.0. The van der Waals surface area contributed by atoms with Crippen molar-refractivity contribution >= 4 is 35.3 Å². The molecule has 2 rings (SSSR count). The Morgan fingerprint density at radius 3 is 2.17 bits per heavy atom. The van der Waals surface area contributed by atoms with Gasteiger partial charge in [-0.1, -0.05) is 48.0 Å². The van der Waals surface area contributed by atoms with Gasteiger partial charge in [-0.25, -0.2) is 0 Å². The third-order valence-electron chi connectivity index (χ3n) is 3.06. The van der Waals surface area contributed by atoms with Crippen molar-refractivity contribution in [3.63, 3.8) is 0 Å². The van der Waals surface area contributed by atoms with Crippen molar-refractivity contribution in [1.82, 2.24) is 0 Å². The summed E-state index contributed by atoms with van der Waals surface area (Å²) in [5.41, 5.74) is 1.50. The Kier molecular flexibility index (Phi) is 5.89. The number of phenolic OH excluding ortho intramolecular Hbond substituents is 1. The minimum Gasteiger partial charge on any atom is -0.508 e. The van der Waals surface area contributed by atoms with Crippen molar-refractivity contribution in [2.45, 2.75) is 6.42 Å². The summed E-state index contributed by atoms with van der Waals surface area (Å²) in [5.74, 6) is -0.412. The lowest BCUT2D eigenvalue weighted by Crippen LogP contribution is -2.01. The van der Waals surface area contributed by atoms with E-state index < -0.39 is 0 Å². The van der Waals surface area contributed by atoms with Crippen molar-refractivity contribution in [1.29, 1.82) is 0 Å². The lowest BCUT2D eigenvalue weighted by atomic mass is 10.1. The van der Waals surface area contributed by atoms with E-state index in [-0.39, 0.29) is 23.7 Å². The van der Waals surface area contributed by atoms with Gasteiger partial charge in [0.25, 0.3) is 0 Å². The maximum Gasteiger partial charge on any atom is 0.163 e. The number of benzene rings is 2. The highest BCUT2D eigenvalue weighted by Gasteiger charge is 2.04. The van der Waals surface area contributed by atoms with Gasteiger partial charge in [0.2, 0.25) is 0 Å². The van der Waals surface area contributed by atoms with E-state index in [1.165, 1.54) is 24.3 Å². The fraction of sp³-hybridized carbons (Fsp3) is 0.0526. The minimum absolute atomic E-state index is 0.161. The lowest BCUT2D eigenvalue weighted by molar-refractivity contribution is -0.121. The summed E-state index contributed by atoms with van der Waals surface area (Å²) in [6.45, 7) is 0. The van der Waals surface area contributed by atoms with Gasteiger partial charge in [-0.05, 0) is 47.6 Å². The van der Waals surface area contributed by atoms with E-state index >= 15 is 0 Å². The van der Waals surface area contributed by atoms with Gasteiger partial charge in [0.1, 0.15) is 5.75 Å². The van der Waals surface area contributed by atoms with Crippen LogP contribution in [-0.2, 0) is 9.59 Å². The highest BCUT2D eigenvalue weighted by atomic mass is 35.5. The predicted molar refractivity (Wildman–Crippen MR) is 92.3 cm³/mol. The van der Waals surface area contributed by atoms with Gasteiger partial charge in [-0.2, -0.15) is 0 Å². The number of rotatable bonds is 6. The van der Waals surface area contributed by atoms with E-state index in [1.807, 2.05) is 6.07 Å². The number of hydrogen-bond donors (Lipinski definition) is 1. The third-order valence-corrected chi connectivity index (χ3v) is 3.40. The number of carbonyl (C=O) groups is 2. The quantitative estimate of drug-likeness (QED) is 0.636. The zero-order valence-electron chi connectivity index (χ0n) is 12.3. The van der Waals surface area contributed by atoms with Crippen LogP contribution in [0.25, 0.3) is 12.2 Å². The summed E-state index contributed by atoms with van der Waals surface area (Å²) in [4.78, 5) is 23.5. The Labute approximate surface area is 139 Å². The molecule has 0 aliphatic rings. The number of ketones is 2. The zero-order valence-corrected chi connectivity index (χ0v) is 13.0. The molecule has 0 unspecified atom stereocenters. The number of allylic oxidation sites excluding steroid dienone is 2. The van der Waals surface area contributed by atoms with Crippen LogP contribution >= 0.6 is 11.6 Å². The van der Waals surface area contributed by atoms with E-state index in [2.05, 4.69) is 0 Å². The summed E-state index contributed by atoms with van der Waals surface area (Å²) in [6, 6.07) is 13.6. The predicted octanol–water partition coefficient (Wildman–Crippen LogP) is 4.30. The van der Waals surface area contributed by atoms with Crippen LogP contribution in [0.2, 0.25) is 5.02 Å². The molecule has 0 amide bonds. The summed E-state index contributed by atoms with van der Waals surface area (Å²) in [5, 5.41) is 9.72. The van der Waals surface area contributed by atoms with E-state index in [0.29, 0.717) is 5.02 Å². The van der Waals surface area contributed by atoms with Crippen molar-refractivity contribution in [2.75, 3.05) is 0 Å². The summed E-state index contributed by atoms with van der Waals surface area (Å²) >= 11 is 5.98. The summed E-state index contributed by atoms with van der Waals surface area (Å²) in [7, 11) is 0. The van der Waals surface area contributed by atoms with Crippen LogP contribution in [0.15, 0.2) is 60.7 Å². The molecule has 0 aromatic heterocycles. The number of phenols is 1. The van der Waals surface area contributed by atoms with E-state index in [4.69, 9.17) is 11.6 Å². The maximum absolute atomic E-state index is 11.8. The fourth-order valence-electron chi connectivity index (χ4n) is 1.86. The van der Waals surface area contributed by atoms with Crippen LogP contribution < -0.4 is 0 Å².